The van der Waals surface area contributed by atoms with E-state index in [1.54, 1.807) is 6.92 Å². The monoisotopic (exact) mass is 410 g/mol. The molecule has 0 radical (unpaired) electrons. The van der Waals surface area contributed by atoms with Crippen LogP contribution in [0.1, 0.15) is 25.0 Å². The Labute approximate surface area is 182 Å². The number of hydrogen-bond donors (Lipinski definition) is 0. The van der Waals surface area contributed by atoms with Gasteiger partial charge in [0.2, 0.25) is 0 Å². The third kappa shape index (κ3) is 4.22. The van der Waals surface area contributed by atoms with Crippen LogP contribution in [0.15, 0.2) is 84.9 Å². The predicted molar refractivity (Wildman–Crippen MR) is 125 cm³/mol. The lowest BCUT2D eigenvalue weighted by atomic mass is 9.73. The summed E-state index contributed by atoms with van der Waals surface area (Å²) in [5.41, 5.74) is 0.631. The summed E-state index contributed by atoms with van der Waals surface area (Å²) in [5, 5.41) is 4.44. The van der Waals surface area contributed by atoms with E-state index < -0.39 is 11.4 Å². The molecular formula is C28H26O3. The molecule has 156 valence electrons. The van der Waals surface area contributed by atoms with Gasteiger partial charge in [-0.2, -0.15) is 0 Å². The smallest absolute Gasteiger partial charge is 0.320 e. The van der Waals surface area contributed by atoms with E-state index in [4.69, 9.17) is 4.74 Å². The summed E-state index contributed by atoms with van der Waals surface area (Å²) in [7, 11) is 0. The van der Waals surface area contributed by atoms with Crippen molar-refractivity contribution in [2.24, 2.45) is 5.41 Å². The molecular weight excluding hydrogens is 384 g/mol. The van der Waals surface area contributed by atoms with E-state index in [1.165, 1.54) is 6.92 Å². The van der Waals surface area contributed by atoms with E-state index in [2.05, 4.69) is 24.3 Å². The number of rotatable bonds is 7. The average molecular weight is 411 g/mol. The van der Waals surface area contributed by atoms with Gasteiger partial charge in [-0.1, -0.05) is 84.9 Å². The van der Waals surface area contributed by atoms with Crippen molar-refractivity contribution in [3.63, 3.8) is 0 Å². The third-order valence-electron chi connectivity index (χ3n) is 5.98. The van der Waals surface area contributed by atoms with Crippen LogP contribution in [0.5, 0.6) is 0 Å². The SMILES string of the molecule is CCOC(=O)C(Cc1ccc2ccccc2c1)(Cc1ccc2ccccc2c1)C(C)=O. The number of esters is 1. The molecule has 0 aromatic heterocycles. The number of carbonyl (C=O) groups excluding carboxylic acids is 2. The molecule has 3 heteroatoms. The van der Waals surface area contributed by atoms with Crippen molar-refractivity contribution in [2.75, 3.05) is 6.61 Å². The fourth-order valence-corrected chi connectivity index (χ4v) is 4.26. The highest BCUT2D eigenvalue weighted by Crippen LogP contribution is 2.33. The Morgan fingerprint density at radius 2 is 1.16 bits per heavy atom. The minimum atomic E-state index is -1.26. The van der Waals surface area contributed by atoms with Crippen LogP contribution in [0.3, 0.4) is 0 Å². The first-order chi connectivity index (χ1) is 15.0. The van der Waals surface area contributed by atoms with Crippen molar-refractivity contribution in [2.45, 2.75) is 26.7 Å². The Kier molecular flexibility index (Phi) is 5.85. The molecule has 0 aliphatic rings. The van der Waals surface area contributed by atoms with E-state index in [1.807, 2.05) is 60.7 Å². The van der Waals surface area contributed by atoms with Crippen LogP contribution < -0.4 is 0 Å². The molecule has 0 atom stereocenters. The van der Waals surface area contributed by atoms with Crippen molar-refractivity contribution in [1.29, 1.82) is 0 Å². The van der Waals surface area contributed by atoms with E-state index >= 15 is 0 Å². The Morgan fingerprint density at radius 3 is 1.58 bits per heavy atom. The van der Waals surface area contributed by atoms with Crippen molar-refractivity contribution in [1.82, 2.24) is 0 Å². The lowest BCUT2D eigenvalue weighted by Crippen LogP contribution is -2.43. The zero-order valence-electron chi connectivity index (χ0n) is 17.9. The molecule has 0 bridgehead atoms. The number of benzene rings is 4. The van der Waals surface area contributed by atoms with Crippen LogP contribution in [0.25, 0.3) is 21.5 Å². The first kappa shape index (κ1) is 20.8. The first-order valence-electron chi connectivity index (χ1n) is 10.7. The quantitative estimate of drug-likeness (QED) is 0.281. The molecule has 31 heavy (non-hydrogen) atoms. The second-order valence-corrected chi connectivity index (χ2v) is 8.08. The Bertz CT molecular complexity index is 1170. The summed E-state index contributed by atoms with van der Waals surface area (Å²) >= 11 is 0. The summed E-state index contributed by atoms with van der Waals surface area (Å²) in [4.78, 5) is 26.2. The molecule has 0 unspecified atom stereocenters. The second kappa shape index (κ2) is 8.73. The minimum absolute atomic E-state index is 0.174. The number of ether oxygens (including phenoxy) is 1. The summed E-state index contributed by atoms with van der Waals surface area (Å²) in [6.45, 7) is 3.51. The maximum absolute atomic E-state index is 13.2. The van der Waals surface area contributed by atoms with Gasteiger partial charge in [-0.3, -0.25) is 9.59 Å². The molecule has 4 aromatic rings. The lowest BCUT2D eigenvalue weighted by molar-refractivity contribution is -0.159. The predicted octanol–water partition coefficient (Wildman–Crippen LogP) is 5.92. The molecule has 0 saturated carbocycles. The van der Waals surface area contributed by atoms with Gasteiger partial charge < -0.3 is 4.74 Å². The fraction of sp³-hybridized carbons (Fsp3) is 0.214. The minimum Gasteiger partial charge on any atom is -0.465 e. The molecule has 4 rings (SSSR count). The fourth-order valence-electron chi connectivity index (χ4n) is 4.26. The maximum atomic E-state index is 13.2. The molecule has 0 aliphatic heterocycles. The van der Waals surface area contributed by atoms with Crippen LogP contribution in [0.2, 0.25) is 0 Å². The Morgan fingerprint density at radius 1 is 0.710 bits per heavy atom. The molecule has 0 heterocycles. The van der Waals surface area contributed by atoms with Crippen LogP contribution in [-0.4, -0.2) is 18.4 Å². The van der Waals surface area contributed by atoms with Crippen molar-refractivity contribution < 1.29 is 14.3 Å². The number of Topliss-reactive ketones (excluding diaryl/α,β-unsaturated/α-hetero) is 1. The van der Waals surface area contributed by atoms with Crippen LogP contribution in [-0.2, 0) is 27.2 Å². The van der Waals surface area contributed by atoms with Crippen LogP contribution in [0.4, 0.5) is 0 Å². The highest BCUT2D eigenvalue weighted by molar-refractivity contribution is 6.03. The molecule has 0 aliphatic carbocycles. The summed E-state index contributed by atoms with van der Waals surface area (Å²) in [6, 6.07) is 28.4. The summed E-state index contributed by atoms with van der Waals surface area (Å²) < 4.78 is 5.43. The van der Waals surface area contributed by atoms with Gasteiger partial charge in [0.05, 0.1) is 6.61 Å². The number of ketones is 1. The second-order valence-electron chi connectivity index (χ2n) is 8.08. The van der Waals surface area contributed by atoms with E-state index in [0.717, 1.165) is 32.7 Å². The number of hydrogen-bond acceptors (Lipinski definition) is 3. The first-order valence-corrected chi connectivity index (χ1v) is 10.7. The molecule has 4 aromatic carbocycles. The summed E-state index contributed by atoms with van der Waals surface area (Å²) in [6.07, 6.45) is 0.609. The molecule has 0 amide bonds. The van der Waals surface area contributed by atoms with Gasteiger partial charge in [-0.25, -0.2) is 0 Å². The van der Waals surface area contributed by atoms with E-state index in [9.17, 15) is 9.59 Å². The summed E-state index contributed by atoms with van der Waals surface area (Å²) in [5.74, 6) is -0.629. The van der Waals surface area contributed by atoms with E-state index in [-0.39, 0.29) is 12.4 Å². The van der Waals surface area contributed by atoms with Crippen molar-refractivity contribution in [3.05, 3.63) is 96.1 Å². The van der Waals surface area contributed by atoms with Gasteiger partial charge in [0.25, 0.3) is 0 Å². The van der Waals surface area contributed by atoms with Gasteiger partial charge in [-0.05, 0) is 59.4 Å². The topological polar surface area (TPSA) is 43.4 Å². The van der Waals surface area contributed by atoms with Gasteiger partial charge in [0, 0.05) is 0 Å². The molecule has 0 N–H and O–H groups in total. The standard InChI is InChI=1S/C28H26O3/c1-3-31-27(30)28(20(2)29,18-21-12-14-23-8-4-6-10-25(23)16-21)19-22-13-15-24-9-5-7-11-26(24)17-22/h4-17H,3,18-19H2,1-2H3. The maximum Gasteiger partial charge on any atom is 0.320 e. The van der Waals surface area contributed by atoms with Gasteiger partial charge in [0.15, 0.2) is 0 Å². The van der Waals surface area contributed by atoms with Crippen LogP contribution >= 0.6 is 0 Å². The lowest BCUT2D eigenvalue weighted by Gasteiger charge is -2.29. The highest BCUT2D eigenvalue weighted by Gasteiger charge is 2.45. The number of fused-ring (bicyclic) bond motifs is 2. The molecule has 0 fully saturated rings. The molecule has 0 spiro atoms. The van der Waals surface area contributed by atoms with Crippen LogP contribution in [0, 0.1) is 5.41 Å². The largest absolute Gasteiger partial charge is 0.465 e. The highest BCUT2D eigenvalue weighted by atomic mass is 16.5. The van der Waals surface area contributed by atoms with Gasteiger partial charge in [-0.15, -0.1) is 0 Å². The average Bonchev–Trinajstić information content (AvgIpc) is 2.78. The van der Waals surface area contributed by atoms with Crippen molar-refractivity contribution >= 4 is 33.3 Å². The van der Waals surface area contributed by atoms with Gasteiger partial charge in [0.1, 0.15) is 11.2 Å². The van der Waals surface area contributed by atoms with E-state index in [0.29, 0.717) is 12.8 Å². The van der Waals surface area contributed by atoms with Gasteiger partial charge >= 0.3 is 5.97 Å². The Hall–Kier alpha value is -3.46. The van der Waals surface area contributed by atoms with Crippen molar-refractivity contribution in [3.8, 4) is 0 Å². The molecule has 3 nitrogen and oxygen atoms in total. The molecule has 0 saturated heterocycles. The normalized spacial score (nSPS) is 11.5. The number of carbonyl (C=O) groups is 2. The third-order valence-corrected chi connectivity index (χ3v) is 5.98. The Balaban J connectivity index is 1.77. The zero-order valence-corrected chi connectivity index (χ0v) is 17.9. The zero-order chi connectivity index (χ0) is 21.8.